The van der Waals surface area contributed by atoms with Crippen LogP contribution in [0.2, 0.25) is 0 Å². The van der Waals surface area contributed by atoms with Gasteiger partial charge in [0.25, 0.3) is 0 Å². The van der Waals surface area contributed by atoms with Crippen LogP contribution in [0.1, 0.15) is 22.4 Å². The van der Waals surface area contributed by atoms with Crippen molar-refractivity contribution in [2.45, 2.75) is 13.0 Å². The van der Waals surface area contributed by atoms with E-state index >= 15 is 0 Å². The van der Waals surface area contributed by atoms with E-state index in [0.29, 0.717) is 10.6 Å². The Bertz CT molecular complexity index is 435. The van der Waals surface area contributed by atoms with Gasteiger partial charge in [-0.05, 0) is 30.5 Å². The van der Waals surface area contributed by atoms with Gasteiger partial charge in [-0.3, -0.25) is 0 Å². The lowest BCUT2D eigenvalue weighted by molar-refractivity contribution is 0.462. The molecule has 0 saturated carbocycles. The summed E-state index contributed by atoms with van der Waals surface area (Å²) in [6, 6.07) is 4.51. The number of aryl methyl sites for hydroxylation is 1. The van der Waals surface area contributed by atoms with Crippen LogP contribution in [0.5, 0.6) is 0 Å². The Morgan fingerprint density at radius 3 is 2.71 bits per heavy atom. The highest BCUT2D eigenvalue weighted by Gasteiger charge is 2.17. The molecule has 1 unspecified atom stereocenters. The molecule has 2 aromatic heterocycles. The van der Waals surface area contributed by atoms with E-state index in [1.807, 2.05) is 13.0 Å². The van der Waals surface area contributed by atoms with Crippen LogP contribution in [0.3, 0.4) is 0 Å². The van der Waals surface area contributed by atoms with Crippen molar-refractivity contribution in [3.8, 4) is 0 Å². The maximum Gasteiger partial charge on any atom is 0.139 e. The molecular formula is C10H10FNOS. The van der Waals surface area contributed by atoms with Crippen LogP contribution >= 0.6 is 11.3 Å². The van der Waals surface area contributed by atoms with E-state index in [4.69, 9.17) is 10.2 Å². The van der Waals surface area contributed by atoms with Gasteiger partial charge in [0.1, 0.15) is 23.4 Å². The molecule has 2 aromatic rings. The molecule has 2 rings (SSSR count). The van der Waals surface area contributed by atoms with Crippen molar-refractivity contribution in [2.75, 3.05) is 0 Å². The Balaban J connectivity index is 2.33. The maximum atomic E-state index is 13.2. The van der Waals surface area contributed by atoms with Gasteiger partial charge < -0.3 is 10.2 Å². The van der Waals surface area contributed by atoms with Gasteiger partial charge in [0, 0.05) is 0 Å². The van der Waals surface area contributed by atoms with Gasteiger partial charge in [0.15, 0.2) is 0 Å². The van der Waals surface area contributed by atoms with Crippen LogP contribution in [-0.4, -0.2) is 0 Å². The second-order valence-electron chi connectivity index (χ2n) is 3.06. The van der Waals surface area contributed by atoms with E-state index in [-0.39, 0.29) is 5.82 Å². The van der Waals surface area contributed by atoms with Crippen LogP contribution in [-0.2, 0) is 0 Å². The van der Waals surface area contributed by atoms with Crippen LogP contribution in [0.15, 0.2) is 28.0 Å². The summed E-state index contributed by atoms with van der Waals surface area (Å²) in [5.41, 5.74) is 5.85. The zero-order valence-corrected chi connectivity index (χ0v) is 8.48. The third-order valence-electron chi connectivity index (χ3n) is 1.99. The highest BCUT2D eigenvalue weighted by molar-refractivity contribution is 7.10. The van der Waals surface area contributed by atoms with E-state index in [1.54, 1.807) is 11.4 Å². The molecule has 0 spiro atoms. The second kappa shape index (κ2) is 3.55. The molecule has 0 aliphatic heterocycles. The quantitative estimate of drug-likeness (QED) is 0.829. The Morgan fingerprint density at radius 1 is 1.43 bits per heavy atom. The average molecular weight is 211 g/mol. The highest BCUT2D eigenvalue weighted by Crippen LogP contribution is 2.27. The molecule has 0 amide bonds. The minimum Gasteiger partial charge on any atom is -0.464 e. The lowest BCUT2D eigenvalue weighted by atomic mass is 10.2. The van der Waals surface area contributed by atoms with Crippen molar-refractivity contribution in [3.05, 3.63) is 45.8 Å². The van der Waals surface area contributed by atoms with E-state index in [0.717, 1.165) is 5.76 Å². The van der Waals surface area contributed by atoms with Crippen molar-refractivity contribution in [2.24, 2.45) is 5.73 Å². The van der Waals surface area contributed by atoms with Gasteiger partial charge in [-0.15, -0.1) is 11.3 Å². The smallest absolute Gasteiger partial charge is 0.139 e. The lowest BCUT2D eigenvalue weighted by Gasteiger charge is -2.05. The molecular weight excluding hydrogens is 201 g/mol. The predicted octanol–water partition coefficient (Wildman–Crippen LogP) is 2.84. The van der Waals surface area contributed by atoms with Gasteiger partial charge in [0.05, 0.1) is 4.88 Å². The van der Waals surface area contributed by atoms with Crippen molar-refractivity contribution >= 4 is 11.3 Å². The Hall–Kier alpha value is -1.13. The van der Waals surface area contributed by atoms with Crippen LogP contribution < -0.4 is 5.73 Å². The summed E-state index contributed by atoms with van der Waals surface area (Å²) in [6.07, 6.45) is 0. The molecule has 1 atom stereocenters. The Labute approximate surface area is 85.2 Å². The van der Waals surface area contributed by atoms with Gasteiger partial charge in [-0.1, -0.05) is 0 Å². The van der Waals surface area contributed by atoms with Crippen LogP contribution in [0.4, 0.5) is 4.39 Å². The number of thiophene rings is 1. The fraction of sp³-hybridized carbons (Fsp3) is 0.200. The summed E-state index contributed by atoms with van der Waals surface area (Å²) in [5.74, 6) is 1.12. The molecule has 0 radical (unpaired) electrons. The molecule has 0 fully saturated rings. The van der Waals surface area contributed by atoms with E-state index in [1.165, 1.54) is 17.4 Å². The standard InChI is InChI=1S/C10H10FNOS/c1-6-2-3-8(13-6)9(12)10-7(11)4-5-14-10/h2-5,9H,12H2,1H3. The minimum atomic E-state index is -0.497. The number of hydrogen-bond acceptors (Lipinski definition) is 3. The first-order valence-electron chi connectivity index (χ1n) is 4.23. The van der Waals surface area contributed by atoms with Gasteiger partial charge in [-0.25, -0.2) is 4.39 Å². The first-order valence-corrected chi connectivity index (χ1v) is 5.11. The first kappa shape index (κ1) is 9.43. The predicted molar refractivity (Wildman–Crippen MR) is 53.8 cm³/mol. The molecule has 74 valence electrons. The summed E-state index contributed by atoms with van der Waals surface area (Å²) in [5, 5.41) is 1.68. The number of hydrogen-bond donors (Lipinski definition) is 1. The number of nitrogens with two attached hydrogens (primary N) is 1. The fourth-order valence-electron chi connectivity index (χ4n) is 1.28. The minimum absolute atomic E-state index is 0.267. The molecule has 4 heteroatoms. The number of furan rings is 1. The van der Waals surface area contributed by atoms with Gasteiger partial charge in [0.2, 0.25) is 0 Å². The normalized spacial score (nSPS) is 13.1. The Morgan fingerprint density at radius 2 is 2.21 bits per heavy atom. The van der Waals surface area contributed by atoms with Crippen LogP contribution in [0.25, 0.3) is 0 Å². The van der Waals surface area contributed by atoms with Gasteiger partial charge in [-0.2, -0.15) is 0 Å². The third-order valence-corrected chi connectivity index (χ3v) is 2.97. The summed E-state index contributed by atoms with van der Waals surface area (Å²) in [7, 11) is 0. The fourth-order valence-corrected chi connectivity index (χ4v) is 2.05. The zero-order valence-electron chi connectivity index (χ0n) is 7.66. The third kappa shape index (κ3) is 1.58. The molecule has 2 N–H and O–H groups in total. The van der Waals surface area contributed by atoms with Crippen molar-refractivity contribution in [1.29, 1.82) is 0 Å². The van der Waals surface area contributed by atoms with Crippen molar-refractivity contribution in [3.63, 3.8) is 0 Å². The summed E-state index contributed by atoms with van der Waals surface area (Å²) in [4.78, 5) is 0.513. The van der Waals surface area contributed by atoms with Crippen molar-refractivity contribution in [1.82, 2.24) is 0 Å². The van der Waals surface area contributed by atoms with Crippen LogP contribution in [0, 0.1) is 12.7 Å². The molecule has 14 heavy (non-hydrogen) atoms. The molecule has 0 saturated heterocycles. The van der Waals surface area contributed by atoms with Crippen molar-refractivity contribution < 1.29 is 8.81 Å². The lowest BCUT2D eigenvalue weighted by Crippen LogP contribution is -2.10. The summed E-state index contributed by atoms with van der Waals surface area (Å²) in [6.45, 7) is 1.83. The topological polar surface area (TPSA) is 39.2 Å². The largest absolute Gasteiger partial charge is 0.464 e. The second-order valence-corrected chi connectivity index (χ2v) is 4.01. The maximum absolute atomic E-state index is 13.2. The summed E-state index contributed by atoms with van der Waals surface area (Å²) >= 11 is 1.30. The van der Waals surface area contributed by atoms with Gasteiger partial charge >= 0.3 is 0 Å². The molecule has 2 heterocycles. The summed E-state index contributed by atoms with van der Waals surface area (Å²) < 4.78 is 18.5. The average Bonchev–Trinajstić information content (AvgIpc) is 2.73. The van der Waals surface area contributed by atoms with E-state index in [9.17, 15) is 4.39 Å². The molecule has 2 nitrogen and oxygen atoms in total. The molecule has 0 aliphatic rings. The Kier molecular flexibility index (Phi) is 2.39. The van der Waals surface area contributed by atoms with E-state index < -0.39 is 6.04 Å². The SMILES string of the molecule is Cc1ccc(C(N)c2sccc2F)o1. The molecule has 0 aromatic carbocycles. The molecule has 0 aliphatic carbocycles. The first-order chi connectivity index (χ1) is 6.68. The number of halogens is 1. The van der Waals surface area contributed by atoms with E-state index in [2.05, 4.69) is 0 Å². The number of rotatable bonds is 2. The zero-order chi connectivity index (χ0) is 10.1. The highest BCUT2D eigenvalue weighted by atomic mass is 32.1. The monoisotopic (exact) mass is 211 g/mol. The molecule has 0 bridgehead atoms.